The third-order valence-corrected chi connectivity index (χ3v) is 4.40. The van der Waals surface area contributed by atoms with E-state index in [0.29, 0.717) is 17.6 Å². The normalized spacial score (nSPS) is 25.8. The second-order valence-electron chi connectivity index (χ2n) is 5.46. The van der Waals surface area contributed by atoms with Gasteiger partial charge in [0.1, 0.15) is 12.3 Å². The monoisotopic (exact) mass is 346 g/mol. The molecule has 1 saturated heterocycles. The molecule has 0 spiro atoms. The first-order valence-electron chi connectivity index (χ1n) is 6.87. The van der Waals surface area contributed by atoms with Gasteiger partial charge in [-0.2, -0.15) is 0 Å². The fraction of sp³-hybridized carbons (Fsp3) is 0.538. The van der Waals surface area contributed by atoms with Crippen LogP contribution in [0.15, 0.2) is 27.2 Å². The fourth-order valence-electron chi connectivity index (χ4n) is 2.57. The highest BCUT2D eigenvalue weighted by molar-refractivity contribution is 7.55. The van der Waals surface area contributed by atoms with Crippen molar-refractivity contribution in [2.45, 2.75) is 38.7 Å². The van der Waals surface area contributed by atoms with Crippen molar-refractivity contribution in [3.05, 3.63) is 44.0 Å². The lowest BCUT2D eigenvalue weighted by Crippen LogP contribution is -2.33. The molecule has 3 N–H and O–H groups in total. The minimum atomic E-state index is -4.34. The lowest BCUT2D eigenvalue weighted by molar-refractivity contribution is -0.00936. The zero-order valence-corrected chi connectivity index (χ0v) is 13.8. The number of aromatic nitrogens is 2. The molecule has 10 heteroatoms. The van der Waals surface area contributed by atoms with Crippen LogP contribution in [0.3, 0.4) is 0 Å². The van der Waals surface area contributed by atoms with Gasteiger partial charge in [0, 0.05) is 31.1 Å². The van der Waals surface area contributed by atoms with Crippen molar-refractivity contribution in [1.82, 2.24) is 9.55 Å². The first-order valence-corrected chi connectivity index (χ1v) is 8.55. The molecule has 128 valence electrons. The van der Waals surface area contributed by atoms with Crippen molar-refractivity contribution in [3.63, 3.8) is 0 Å². The standard InChI is InChI=1S/C13H19N2O7P/c1-7-5-15(13(17)14-12(7)16)10-4-9(21-3)11(22-10)8(2)6-23(18,19)20/h5-6,9-11H,4H2,1-3H3,(H,14,16,17)(H2,18,19,20)/b8-6+/t9-,10-,11?/m1/s1. The van der Waals surface area contributed by atoms with Crippen molar-refractivity contribution in [3.8, 4) is 0 Å². The van der Waals surface area contributed by atoms with Gasteiger partial charge >= 0.3 is 13.3 Å². The molecule has 1 fully saturated rings. The third kappa shape index (κ3) is 4.07. The number of rotatable bonds is 4. The maximum atomic E-state index is 11.9. The van der Waals surface area contributed by atoms with E-state index in [-0.39, 0.29) is 0 Å². The summed E-state index contributed by atoms with van der Waals surface area (Å²) >= 11 is 0. The summed E-state index contributed by atoms with van der Waals surface area (Å²) in [6.45, 7) is 3.09. The van der Waals surface area contributed by atoms with E-state index in [4.69, 9.17) is 19.3 Å². The SMILES string of the molecule is CO[C@@H]1C[C@H](n2cc(C)c(=O)[nH]c2=O)OC1/C(C)=C/P(=O)(O)O. The molecule has 3 atom stereocenters. The number of nitrogens with one attached hydrogen (secondary N) is 1. The third-order valence-electron chi connectivity index (χ3n) is 3.65. The lowest BCUT2D eigenvalue weighted by Gasteiger charge is -2.18. The van der Waals surface area contributed by atoms with Crippen molar-refractivity contribution < 1.29 is 23.8 Å². The highest BCUT2D eigenvalue weighted by atomic mass is 31.2. The highest BCUT2D eigenvalue weighted by Crippen LogP contribution is 2.41. The summed E-state index contributed by atoms with van der Waals surface area (Å²) in [5.74, 6) is 0.826. The Bertz CT molecular complexity index is 775. The van der Waals surface area contributed by atoms with Crippen LogP contribution in [0.2, 0.25) is 0 Å². The number of aryl methyl sites for hydroxylation is 1. The lowest BCUT2D eigenvalue weighted by atomic mass is 10.1. The summed E-state index contributed by atoms with van der Waals surface area (Å²) in [7, 11) is -2.89. The van der Waals surface area contributed by atoms with Crippen molar-refractivity contribution >= 4 is 7.60 Å². The first-order chi connectivity index (χ1) is 10.6. The van der Waals surface area contributed by atoms with E-state index in [2.05, 4.69) is 4.98 Å². The molecule has 0 amide bonds. The van der Waals surface area contributed by atoms with Gasteiger partial charge in [0.15, 0.2) is 0 Å². The number of H-pyrrole nitrogens is 1. The average Bonchev–Trinajstić information content (AvgIpc) is 2.85. The molecular formula is C13H19N2O7P. The Morgan fingerprint density at radius 1 is 1.52 bits per heavy atom. The Morgan fingerprint density at radius 3 is 2.74 bits per heavy atom. The Hall–Kier alpha value is -1.51. The van der Waals surface area contributed by atoms with E-state index in [1.54, 1.807) is 6.92 Å². The smallest absolute Gasteiger partial charge is 0.349 e. The summed E-state index contributed by atoms with van der Waals surface area (Å²) in [6.07, 6.45) is -0.172. The van der Waals surface area contributed by atoms with Gasteiger partial charge in [0.25, 0.3) is 5.56 Å². The summed E-state index contributed by atoms with van der Waals surface area (Å²) in [4.78, 5) is 43.6. The fourth-order valence-corrected chi connectivity index (χ4v) is 3.25. The second kappa shape index (κ2) is 6.54. The molecule has 1 aromatic rings. The quantitative estimate of drug-likeness (QED) is 0.665. The van der Waals surface area contributed by atoms with Crippen LogP contribution < -0.4 is 11.2 Å². The van der Waals surface area contributed by atoms with Crippen LogP contribution in [0.1, 0.15) is 25.1 Å². The predicted octanol–water partition coefficient (Wildman–Crippen LogP) is 0.229. The molecule has 0 saturated carbocycles. The topological polar surface area (TPSA) is 131 Å². The maximum Gasteiger partial charge on any atom is 0.349 e. The number of methoxy groups -OCH3 is 1. The molecule has 1 unspecified atom stereocenters. The van der Waals surface area contributed by atoms with Gasteiger partial charge < -0.3 is 19.3 Å². The van der Waals surface area contributed by atoms with E-state index >= 15 is 0 Å². The molecule has 1 aliphatic heterocycles. The molecule has 23 heavy (non-hydrogen) atoms. The number of hydrogen-bond donors (Lipinski definition) is 3. The van der Waals surface area contributed by atoms with Gasteiger partial charge in [0.2, 0.25) is 0 Å². The molecule has 0 radical (unpaired) electrons. The molecule has 2 heterocycles. The summed E-state index contributed by atoms with van der Waals surface area (Å²) in [5, 5.41) is 0. The van der Waals surface area contributed by atoms with E-state index in [1.165, 1.54) is 24.8 Å². The van der Waals surface area contributed by atoms with Crippen LogP contribution in [0.4, 0.5) is 0 Å². The van der Waals surface area contributed by atoms with Gasteiger partial charge in [-0.05, 0) is 19.4 Å². The average molecular weight is 346 g/mol. The molecule has 0 bridgehead atoms. The summed E-state index contributed by atoms with van der Waals surface area (Å²) in [5.41, 5.74) is -0.408. The molecule has 0 aliphatic carbocycles. The Morgan fingerprint density at radius 2 is 2.17 bits per heavy atom. The molecule has 9 nitrogen and oxygen atoms in total. The Balaban J connectivity index is 2.34. The zero-order valence-electron chi connectivity index (χ0n) is 12.9. The van der Waals surface area contributed by atoms with Crippen LogP contribution >= 0.6 is 7.60 Å². The van der Waals surface area contributed by atoms with Crippen LogP contribution in [0.25, 0.3) is 0 Å². The van der Waals surface area contributed by atoms with E-state index in [1.807, 2.05) is 0 Å². The van der Waals surface area contributed by atoms with E-state index in [9.17, 15) is 14.2 Å². The van der Waals surface area contributed by atoms with Crippen molar-refractivity contribution in [1.29, 1.82) is 0 Å². The van der Waals surface area contributed by atoms with Crippen LogP contribution in [-0.4, -0.2) is 38.7 Å². The van der Waals surface area contributed by atoms with Crippen LogP contribution in [-0.2, 0) is 14.0 Å². The van der Waals surface area contributed by atoms with E-state index in [0.717, 1.165) is 5.82 Å². The molecule has 1 aromatic heterocycles. The number of ether oxygens (including phenoxy) is 2. The second-order valence-corrected chi connectivity index (χ2v) is 6.90. The van der Waals surface area contributed by atoms with Crippen LogP contribution in [0.5, 0.6) is 0 Å². The minimum Gasteiger partial charge on any atom is -0.378 e. The van der Waals surface area contributed by atoms with Crippen LogP contribution in [0, 0.1) is 6.92 Å². The Kier molecular flexibility index (Phi) is 5.07. The van der Waals surface area contributed by atoms with Gasteiger partial charge in [-0.3, -0.25) is 18.9 Å². The molecular weight excluding hydrogens is 327 g/mol. The van der Waals surface area contributed by atoms with Crippen molar-refractivity contribution in [2.75, 3.05) is 7.11 Å². The van der Waals surface area contributed by atoms with Gasteiger partial charge in [-0.15, -0.1) is 0 Å². The van der Waals surface area contributed by atoms with E-state index < -0.39 is 37.3 Å². The van der Waals surface area contributed by atoms with Gasteiger partial charge in [0.05, 0.1) is 6.10 Å². The molecule has 0 aromatic carbocycles. The van der Waals surface area contributed by atoms with Gasteiger partial charge in [-0.1, -0.05) is 0 Å². The zero-order chi connectivity index (χ0) is 17.4. The predicted molar refractivity (Wildman–Crippen MR) is 81.2 cm³/mol. The number of hydrogen-bond acceptors (Lipinski definition) is 5. The van der Waals surface area contributed by atoms with Crippen molar-refractivity contribution in [2.24, 2.45) is 0 Å². The number of aromatic amines is 1. The number of nitrogens with zero attached hydrogens (tertiary/aromatic N) is 1. The Labute approximate surface area is 131 Å². The largest absolute Gasteiger partial charge is 0.378 e. The van der Waals surface area contributed by atoms with Gasteiger partial charge in [-0.25, -0.2) is 4.79 Å². The highest BCUT2D eigenvalue weighted by Gasteiger charge is 2.38. The minimum absolute atomic E-state index is 0.304. The maximum absolute atomic E-state index is 11.9. The first kappa shape index (κ1) is 17.8. The molecule has 2 rings (SSSR count). The summed E-state index contributed by atoms with van der Waals surface area (Å²) < 4.78 is 23.4. The summed E-state index contributed by atoms with van der Waals surface area (Å²) in [6, 6.07) is 0. The molecule has 1 aliphatic rings.